The Kier molecular flexibility index (Phi) is 1.83. The van der Waals surface area contributed by atoms with Crippen molar-refractivity contribution in [1.29, 1.82) is 0 Å². The average Bonchev–Trinajstić information content (AvgIpc) is 2.44. The number of aliphatic imine (C=N–C) groups is 1. The Labute approximate surface area is 79.9 Å². The highest BCUT2D eigenvalue weighted by Gasteiger charge is 2.42. The molecule has 2 rings (SSSR count). The molecule has 0 saturated carbocycles. The molecule has 0 radical (unpaired) electrons. The third kappa shape index (κ3) is 1.38. The van der Waals surface area contributed by atoms with Gasteiger partial charge in [0.1, 0.15) is 5.60 Å². The number of hydrogen-bond donors (Lipinski definition) is 0. The normalized spacial score (nSPS) is 37.8. The fourth-order valence-corrected chi connectivity index (χ4v) is 2.34. The molecule has 1 unspecified atom stereocenters. The fraction of sp³-hybridized carbons (Fsp3) is 0.857. The van der Waals surface area contributed by atoms with Crippen LogP contribution in [0.2, 0.25) is 0 Å². The molecule has 11 heavy (non-hydrogen) atoms. The van der Waals surface area contributed by atoms with E-state index in [1.165, 1.54) is 0 Å². The molecule has 2 aliphatic heterocycles. The summed E-state index contributed by atoms with van der Waals surface area (Å²) in [6, 6.07) is 0. The van der Waals surface area contributed by atoms with Gasteiger partial charge in [0.25, 0.3) is 0 Å². The van der Waals surface area contributed by atoms with Crippen molar-refractivity contribution in [2.24, 2.45) is 4.99 Å². The first-order chi connectivity index (χ1) is 5.20. The SMILES string of the molecule is CN1CCC2(CN=C(I)O2)C1. The van der Waals surface area contributed by atoms with Gasteiger partial charge in [-0.3, -0.25) is 0 Å². The van der Waals surface area contributed by atoms with Crippen molar-refractivity contribution in [2.45, 2.75) is 12.0 Å². The monoisotopic (exact) mass is 266 g/mol. The molecule has 0 aromatic heterocycles. The van der Waals surface area contributed by atoms with Gasteiger partial charge in [-0.05, 0) is 7.05 Å². The quantitative estimate of drug-likeness (QED) is 0.608. The maximum absolute atomic E-state index is 5.68. The smallest absolute Gasteiger partial charge is 0.248 e. The van der Waals surface area contributed by atoms with Crippen LogP contribution in [0.4, 0.5) is 0 Å². The third-order valence-electron chi connectivity index (χ3n) is 2.30. The Morgan fingerprint density at radius 2 is 2.55 bits per heavy atom. The zero-order chi connectivity index (χ0) is 7.90. The van der Waals surface area contributed by atoms with Crippen molar-refractivity contribution in [3.8, 4) is 0 Å². The van der Waals surface area contributed by atoms with Crippen molar-refractivity contribution in [3.63, 3.8) is 0 Å². The molecule has 1 atom stereocenters. The molecule has 1 fully saturated rings. The van der Waals surface area contributed by atoms with Gasteiger partial charge in [0, 0.05) is 42.1 Å². The summed E-state index contributed by atoms with van der Waals surface area (Å²) in [5.41, 5.74) is 0.0469. The summed E-state index contributed by atoms with van der Waals surface area (Å²) in [5.74, 6) is 0. The molecule has 2 aliphatic rings. The van der Waals surface area contributed by atoms with Crippen molar-refractivity contribution in [1.82, 2.24) is 4.90 Å². The van der Waals surface area contributed by atoms with E-state index in [2.05, 4.69) is 39.5 Å². The summed E-state index contributed by atoms with van der Waals surface area (Å²) < 4.78 is 6.51. The number of halogens is 1. The Hall–Kier alpha value is 0.160. The van der Waals surface area contributed by atoms with Crippen LogP contribution in [0.3, 0.4) is 0 Å². The second-order valence-electron chi connectivity index (χ2n) is 3.34. The summed E-state index contributed by atoms with van der Waals surface area (Å²) >= 11 is 2.15. The Morgan fingerprint density at radius 3 is 3.00 bits per heavy atom. The lowest BCUT2D eigenvalue weighted by Crippen LogP contribution is -2.35. The molecule has 62 valence electrons. The van der Waals surface area contributed by atoms with Gasteiger partial charge in [0.15, 0.2) is 0 Å². The maximum atomic E-state index is 5.68. The van der Waals surface area contributed by atoms with Crippen LogP contribution in [0.1, 0.15) is 6.42 Å². The van der Waals surface area contributed by atoms with E-state index in [4.69, 9.17) is 4.74 Å². The molecule has 1 spiro atoms. The van der Waals surface area contributed by atoms with Crippen molar-refractivity contribution < 1.29 is 4.74 Å². The molecule has 1 saturated heterocycles. The standard InChI is InChI=1S/C7H11IN2O/c1-10-3-2-7(5-10)4-9-6(8)11-7/h2-5H2,1H3. The predicted molar refractivity (Wildman–Crippen MR) is 52.3 cm³/mol. The van der Waals surface area contributed by atoms with Crippen LogP contribution in [-0.4, -0.2) is 41.1 Å². The first kappa shape index (κ1) is 7.79. The van der Waals surface area contributed by atoms with Gasteiger partial charge < -0.3 is 9.64 Å². The highest BCUT2D eigenvalue weighted by atomic mass is 127. The highest BCUT2D eigenvalue weighted by molar-refractivity contribution is 14.1. The number of rotatable bonds is 0. The third-order valence-corrected chi connectivity index (χ3v) is 2.86. The number of hydrogen-bond acceptors (Lipinski definition) is 3. The minimum Gasteiger partial charge on any atom is -0.464 e. The van der Waals surface area contributed by atoms with Crippen molar-refractivity contribution in [3.05, 3.63) is 0 Å². The van der Waals surface area contributed by atoms with E-state index in [1.54, 1.807) is 0 Å². The fourth-order valence-electron chi connectivity index (χ4n) is 1.71. The Morgan fingerprint density at radius 1 is 1.73 bits per heavy atom. The predicted octanol–water partition coefficient (Wildman–Crippen LogP) is 0.882. The van der Waals surface area contributed by atoms with Gasteiger partial charge in [-0.1, -0.05) is 0 Å². The zero-order valence-corrected chi connectivity index (χ0v) is 8.67. The van der Waals surface area contributed by atoms with Crippen LogP contribution in [0, 0.1) is 0 Å². The van der Waals surface area contributed by atoms with Crippen LogP contribution in [0.5, 0.6) is 0 Å². The van der Waals surface area contributed by atoms with Crippen LogP contribution < -0.4 is 0 Å². The largest absolute Gasteiger partial charge is 0.464 e. The lowest BCUT2D eigenvalue weighted by molar-refractivity contribution is 0.104. The second kappa shape index (κ2) is 2.58. The number of nitrogens with zero attached hydrogens (tertiary/aromatic N) is 2. The molecular weight excluding hydrogens is 255 g/mol. The van der Waals surface area contributed by atoms with Gasteiger partial charge in [-0.2, -0.15) is 0 Å². The Bertz CT molecular complexity index is 207. The molecule has 0 N–H and O–H groups in total. The number of ether oxygens (including phenoxy) is 1. The van der Waals surface area contributed by atoms with E-state index in [1.807, 2.05) is 0 Å². The van der Waals surface area contributed by atoms with E-state index < -0.39 is 0 Å². The minimum atomic E-state index is 0.0469. The second-order valence-corrected chi connectivity index (χ2v) is 4.26. The van der Waals surface area contributed by atoms with E-state index in [0.717, 1.165) is 30.0 Å². The van der Waals surface area contributed by atoms with Gasteiger partial charge in [0.2, 0.25) is 3.90 Å². The van der Waals surface area contributed by atoms with E-state index in [0.29, 0.717) is 0 Å². The molecular formula is C7H11IN2O. The first-order valence-electron chi connectivity index (χ1n) is 3.78. The molecule has 4 heteroatoms. The molecule has 0 aromatic rings. The van der Waals surface area contributed by atoms with E-state index in [9.17, 15) is 0 Å². The molecule has 2 heterocycles. The zero-order valence-electron chi connectivity index (χ0n) is 6.51. The van der Waals surface area contributed by atoms with Gasteiger partial charge in [-0.15, -0.1) is 0 Å². The highest BCUT2D eigenvalue weighted by Crippen LogP contribution is 2.30. The van der Waals surface area contributed by atoms with Gasteiger partial charge in [-0.25, -0.2) is 4.99 Å². The molecule has 0 amide bonds. The van der Waals surface area contributed by atoms with Gasteiger partial charge in [0.05, 0.1) is 6.54 Å². The minimum absolute atomic E-state index is 0.0469. The number of likely N-dealkylation sites (tertiary alicyclic amines) is 1. The summed E-state index contributed by atoms with van der Waals surface area (Å²) in [5, 5.41) is 0. The summed E-state index contributed by atoms with van der Waals surface area (Å²) in [7, 11) is 2.13. The van der Waals surface area contributed by atoms with Crippen LogP contribution in [-0.2, 0) is 4.74 Å². The molecule has 0 aliphatic carbocycles. The number of likely N-dealkylation sites (N-methyl/N-ethyl adjacent to an activating group) is 1. The van der Waals surface area contributed by atoms with E-state index >= 15 is 0 Å². The van der Waals surface area contributed by atoms with Gasteiger partial charge >= 0.3 is 0 Å². The van der Waals surface area contributed by atoms with Crippen LogP contribution >= 0.6 is 22.6 Å². The lowest BCUT2D eigenvalue weighted by Gasteiger charge is -2.21. The lowest BCUT2D eigenvalue weighted by atomic mass is 10.0. The summed E-state index contributed by atoms with van der Waals surface area (Å²) in [6.45, 7) is 3.03. The topological polar surface area (TPSA) is 24.8 Å². The maximum Gasteiger partial charge on any atom is 0.248 e. The van der Waals surface area contributed by atoms with Crippen LogP contribution in [0.15, 0.2) is 4.99 Å². The summed E-state index contributed by atoms with van der Waals surface area (Å²) in [4.78, 5) is 6.56. The Balaban J connectivity index is 2.05. The van der Waals surface area contributed by atoms with Crippen molar-refractivity contribution in [2.75, 3.05) is 26.7 Å². The van der Waals surface area contributed by atoms with Crippen molar-refractivity contribution >= 4 is 26.5 Å². The molecule has 3 nitrogen and oxygen atoms in total. The summed E-state index contributed by atoms with van der Waals surface area (Å²) in [6.07, 6.45) is 1.12. The average molecular weight is 266 g/mol. The first-order valence-corrected chi connectivity index (χ1v) is 4.86. The molecule has 0 aromatic carbocycles. The molecule has 0 bridgehead atoms. The van der Waals surface area contributed by atoms with Crippen LogP contribution in [0.25, 0.3) is 0 Å². The van der Waals surface area contributed by atoms with E-state index in [-0.39, 0.29) is 5.60 Å².